The first-order chi connectivity index (χ1) is 7.68. The summed E-state index contributed by atoms with van der Waals surface area (Å²) in [6, 6.07) is 1.66. The number of carbonyl (C=O) groups excluding carboxylic acids is 1. The Hall–Kier alpha value is -1.98. The zero-order valence-corrected chi connectivity index (χ0v) is 8.72. The minimum atomic E-state index is -0.841. The van der Waals surface area contributed by atoms with Crippen molar-refractivity contribution >= 4 is 17.8 Å². The molecule has 0 aromatic carbocycles. The third-order valence-corrected chi connectivity index (χ3v) is 1.86. The monoisotopic (exact) mass is 223 g/mol. The van der Waals surface area contributed by atoms with E-state index in [1.165, 1.54) is 12.4 Å². The predicted molar refractivity (Wildman–Crippen MR) is 56.8 cm³/mol. The van der Waals surface area contributed by atoms with Crippen LogP contribution in [0.25, 0.3) is 0 Å². The molecule has 1 aromatic rings. The molecule has 16 heavy (non-hydrogen) atoms. The van der Waals surface area contributed by atoms with Crippen LogP contribution in [0.3, 0.4) is 0 Å². The van der Waals surface area contributed by atoms with Crippen molar-refractivity contribution in [3.05, 3.63) is 18.5 Å². The molecule has 0 aliphatic heterocycles. The number of nitrogens with one attached hydrogen (secondary N) is 1. The lowest BCUT2D eigenvalue weighted by atomic mass is 10.2. The van der Waals surface area contributed by atoms with Gasteiger partial charge in [-0.2, -0.15) is 0 Å². The number of aliphatic carboxylic acids is 1. The van der Waals surface area contributed by atoms with Crippen LogP contribution in [-0.4, -0.2) is 27.0 Å². The average molecular weight is 223 g/mol. The van der Waals surface area contributed by atoms with Gasteiger partial charge in [0.1, 0.15) is 0 Å². The summed E-state index contributed by atoms with van der Waals surface area (Å²) in [7, 11) is 0. The minimum Gasteiger partial charge on any atom is -0.481 e. The number of carboxylic acid groups (broad SMARTS) is 1. The molecule has 1 amide bonds. The lowest BCUT2D eigenvalue weighted by molar-refractivity contribution is -0.137. The molecule has 0 fully saturated rings. The second-order valence-corrected chi connectivity index (χ2v) is 3.22. The van der Waals surface area contributed by atoms with Crippen LogP contribution in [0.1, 0.15) is 25.7 Å². The van der Waals surface area contributed by atoms with Gasteiger partial charge in [-0.1, -0.05) is 0 Å². The quantitative estimate of drug-likeness (QED) is 0.703. The first-order valence-electron chi connectivity index (χ1n) is 4.97. The molecule has 0 saturated carbocycles. The zero-order valence-electron chi connectivity index (χ0n) is 8.72. The fourth-order valence-electron chi connectivity index (χ4n) is 1.11. The van der Waals surface area contributed by atoms with E-state index in [2.05, 4.69) is 15.3 Å². The molecule has 0 spiro atoms. The molecule has 86 valence electrons. The first-order valence-corrected chi connectivity index (χ1v) is 4.97. The Kier molecular flexibility index (Phi) is 4.91. The number of anilines is 1. The molecule has 1 heterocycles. The summed E-state index contributed by atoms with van der Waals surface area (Å²) in [5.41, 5.74) is 0. The molecule has 0 atom stereocenters. The summed E-state index contributed by atoms with van der Waals surface area (Å²) in [6.45, 7) is 0. The highest BCUT2D eigenvalue weighted by Gasteiger charge is 2.04. The molecule has 0 unspecified atom stereocenters. The van der Waals surface area contributed by atoms with Crippen molar-refractivity contribution in [3.8, 4) is 0 Å². The van der Waals surface area contributed by atoms with Crippen LogP contribution in [-0.2, 0) is 9.59 Å². The lowest BCUT2D eigenvalue weighted by Crippen LogP contribution is -2.13. The number of hydrogen-bond acceptors (Lipinski definition) is 4. The number of rotatable bonds is 6. The van der Waals surface area contributed by atoms with E-state index in [0.717, 1.165) is 0 Å². The molecule has 0 aliphatic carbocycles. The normalized spacial score (nSPS) is 9.75. The second-order valence-electron chi connectivity index (χ2n) is 3.22. The van der Waals surface area contributed by atoms with Gasteiger partial charge in [-0.25, -0.2) is 9.97 Å². The topological polar surface area (TPSA) is 92.2 Å². The van der Waals surface area contributed by atoms with Crippen LogP contribution in [0, 0.1) is 0 Å². The summed E-state index contributed by atoms with van der Waals surface area (Å²) in [6.07, 6.45) is 4.49. The molecular formula is C10H13N3O3. The predicted octanol–water partition coefficient (Wildman–Crippen LogP) is 1.06. The van der Waals surface area contributed by atoms with Gasteiger partial charge in [0.25, 0.3) is 0 Å². The van der Waals surface area contributed by atoms with E-state index in [-0.39, 0.29) is 24.7 Å². The maximum Gasteiger partial charge on any atom is 0.303 e. The van der Waals surface area contributed by atoms with E-state index in [0.29, 0.717) is 12.8 Å². The van der Waals surface area contributed by atoms with E-state index < -0.39 is 5.97 Å². The van der Waals surface area contributed by atoms with Gasteiger partial charge in [0, 0.05) is 25.2 Å². The fraction of sp³-hybridized carbons (Fsp3) is 0.400. The summed E-state index contributed by atoms with van der Waals surface area (Å²) in [5.74, 6) is -0.769. The van der Waals surface area contributed by atoms with Crippen LogP contribution in [0.15, 0.2) is 18.5 Å². The Balaban J connectivity index is 2.19. The van der Waals surface area contributed by atoms with Crippen molar-refractivity contribution in [2.24, 2.45) is 0 Å². The summed E-state index contributed by atoms with van der Waals surface area (Å²) in [4.78, 5) is 29.2. The Morgan fingerprint density at radius 2 is 1.81 bits per heavy atom. The molecule has 6 heteroatoms. The van der Waals surface area contributed by atoms with Gasteiger partial charge < -0.3 is 5.11 Å². The Labute approximate surface area is 92.7 Å². The van der Waals surface area contributed by atoms with Crippen LogP contribution in [0.4, 0.5) is 5.95 Å². The van der Waals surface area contributed by atoms with Crippen molar-refractivity contribution in [3.63, 3.8) is 0 Å². The molecule has 0 bridgehead atoms. The van der Waals surface area contributed by atoms with Crippen LogP contribution >= 0.6 is 0 Å². The third kappa shape index (κ3) is 5.04. The van der Waals surface area contributed by atoms with Gasteiger partial charge >= 0.3 is 5.97 Å². The van der Waals surface area contributed by atoms with Crippen molar-refractivity contribution < 1.29 is 14.7 Å². The van der Waals surface area contributed by atoms with Gasteiger partial charge in [-0.3, -0.25) is 14.9 Å². The Bertz CT molecular complexity index is 354. The minimum absolute atomic E-state index is 0.0924. The maximum absolute atomic E-state index is 11.3. The number of hydrogen-bond donors (Lipinski definition) is 2. The number of nitrogens with zero attached hydrogens (tertiary/aromatic N) is 2. The number of unbranched alkanes of at least 4 members (excludes halogenated alkanes) is 1. The molecule has 0 saturated heterocycles. The third-order valence-electron chi connectivity index (χ3n) is 1.86. The van der Waals surface area contributed by atoms with Gasteiger partial charge in [0.2, 0.25) is 11.9 Å². The van der Waals surface area contributed by atoms with E-state index in [1.54, 1.807) is 6.07 Å². The summed E-state index contributed by atoms with van der Waals surface area (Å²) < 4.78 is 0. The highest BCUT2D eigenvalue weighted by molar-refractivity contribution is 5.88. The van der Waals surface area contributed by atoms with E-state index in [9.17, 15) is 9.59 Å². The molecule has 1 rings (SSSR count). The van der Waals surface area contributed by atoms with E-state index in [1.807, 2.05) is 0 Å². The van der Waals surface area contributed by atoms with E-state index >= 15 is 0 Å². The Morgan fingerprint density at radius 3 is 2.44 bits per heavy atom. The number of amides is 1. The molecule has 0 radical (unpaired) electrons. The van der Waals surface area contributed by atoms with Crippen molar-refractivity contribution in [1.82, 2.24) is 9.97 Å². The van der Waals surface area contributed by atoms with Gasteiger partial charge in [0.05, 0.1) is 0 Å². The summed E-state index contributed by atoms with van der Waals surface area (Å²) in [5, 5.41) is 10.9. The van der Waals surface area contributed by atoms with Crippen molar-refractivity contribution in [1.29, 1.82) is 0 Å². The van der Waals surface area contributed by atoms with Gasteiger partial charge in [0.15, 0.2) is 0 Å². The largest absolute Gasteiger partial charge is 0.481 e. The second kappa shape index (κ2) is 6.49. The van der Waals surface area contributed by atoms with Gasteiger partial charge in [-0.05, 0) is 18.9 Å². The SMILES string of the molecule is O=C(O)CCCCC(=O)Nc1ncccn1. The Morgan fingerprint density at radius 1 is 1.19 bits per heavy atom. The van der Waals surface area contributed by atoms with Crippen molar-refractivity contribution in [2.45, 2.75) is 25.7 Å². The lowest BCUT2D eigenvalue weighted by Gasteiger charge is -2.01. The van der Waals surface area contributed by atoms with Gasteiger partial charge in [-0.15, -0.1) is 0 Å². The van der Waals surface area contributed by atoms with Crippen LogP contribution < -0.4 is 5.32 Å². The standard InChI is InChI=1S/C10H13N3O3/c14-8(4-1-2-5-9(15)16)13-10-11-6-3-7-12-10/h3,6-7H,1-2,4-5H2,(H,15,16)(H,11,12,13,14). The molecular weight excluding hydrogens is 210 g/mol. The molecule has 1 aromatic heterocycles. The smallest absolute Gasteiger partial charge is 0.303 e. The maximum atomic E-state index is 11.3. The number of aromatic nitrogens is 2. The molecule has 2 N–H and O–H groups in total. The average Bonchev–Trinajstić information content (AvgIpc) is 2.25. The van der Waals surface area contributed by atoms with Crippen molar-refractivity contribution in [2.75, 3.05) is 5.32 Å². The zero-order chi connectivity index (χ0) is 11.8. The van der Waals surface area contributed by atoms with E-state index in [4.69, 9.17) is 5.11 Å². The highest BCUT2D eigenvalue weighted by atomic mass is 16.4. The highest BCUT2D eigenvalue weighted by Crippen LogP contribution is 2.02. The summed E-state index contributed by atoms with van der Waals surface area (Å²) >= 11 is 0. The molecule has 6 nitrogen and oxygen atoms in total. The van der Waals surface area contributed by atoms with Crippen LogP contribution in [0.2, 0.25) is 0 Å². The molecule has 0 aliphatic rings. The first kappa shape index (κ1) is 12.1. The van der Waals surface area contributed by atoms with Crippen LogP contribution in [0.5, 0.6) is 0 Å². The number of carboxylic acids is 1. The fourth-order valence-corrected chi connectivity index (χ4v) is 1.11. The number of carbonyl (C=O) groups is 2.